The topological polar surface area (TPSA) is 86.2 Å². The van der Waals surface area contributed by atoms with Crippen molar-refractivity contribution in [2.24, 2.45) is 11.5 Å². The number of amides is 2. The SMILES string of the molecule is NC(=O)c1ccccc1-c1ccc(C(N)=O)c(F)c1F. The zero-order chi connectivity index (χ0) is 14.9. The van der Waals surface area contributed by atoms with E-state index in [1.165, 1.54) is 18.2 Å². The van der Waals surface area contributed by atoms with Crippen LogP contribution in [0.15, 0.2) is 36.4 Å². The number of primary amides is 2. The molecular formula is C14H10F2N2O2. The zero-order valence-corrected chi connectivity index (χ0v) is 10.2. The van der Waals surface area contributed by atoms with Crippen LogP contribution in [0.4, 0.5) is 8.78 Å². The summed E-state index contributed by atoms with van der Waals surface area (Å²) in [6.45, 7) is 0. The van der Waals surface area contributed by atoms with Gasteiger partial charge in [-0.1, -0.05) is 24.3 Å². The van der Waals surface area contributed by atoms with E-state index in [9.17, 15) is 18.4 Å². The molecule has 0 aromatic heterocycles. The Morgan fingerprint density at radius 2 is 1.35 bits per heavy atom. The van der Waals surface area contributed by atoms with Crippen molar-refractivity contribution >= 4 is 11.8 Å². The lowest BCUT2D eigenvalue weighted by Crippen LogP contribution is -2.15. The van der Waals surface area contributed by atoms with Gasteiger partial charge in [-0.05, 0) is 17.7 Å². The van der Waals surface area contributed by atoms with Crippen molar-refractivity contribution in [1.82, 2.24) is 0 Å². The van der Waals surface area contributed by atoms with Gasteiger partial charge in [-0.15, -0.1) is 0 Å². The molecule has 2 aromatic carbocycles. The molecule has 0 aliphatic rings. The van der Waals surface area contributed by atoms with Gasteiger partial charge in [0.1, 0.15) is 0 Å². The lowest BCUT2D eigenvalue weighted by atomic mass is 9.97. The molecule has 0 saturated heterocycles. The number of carbonyl (C=O) groups excluding carboxylic acids is 2. The van der Waals surface area contributed by atoms with Gasteiger partial charge in [0.05, 0.1) is 5.56 Å². The van der Waals surface area contributed by atoms with Crippen molar-refractivity contribution in [3.63, 3.8) is 0 Å². The van der Waals surface area contributed by atoms with Crippen LogP contribution in [0, 0.1) is 11.6 Å². The van der Waals surface area contributed by atoms with Crippen LogP contribution in [0.5, 0.6) is 0 Å². The number of halogens is 2. The number of nitrogens with two attached hydrogens (primary N) is 2. The maximum absolute atomic E-state index is 14.0. The highest BCUT2D eigenvalue weighted by Gasteiger charge is 2.20. The van der Waals surface area contributed by atoms with Gasteiger partial charge in [0, 0.05) is 11.1 Å². The van der Waals surface area contributed by atoms with Gasteiger partial charge in [0.2, 0.25) is 5.91 Å². The minimum atomic E-state index is -1.35. The second kappa shape index (κ2) is 5.08. The van der Waals surface area contributed by atoms with Crippen LogP contribution in [0.1, 0.15) is 20.7 Å². The van der Waals surface area contributed by atoms with Gasteiger partial charge < -0.3 is 11.5 Å². The molecule has 0 heterocycles. The minimum Gasteiger partial charge on any atom is -0.366 e. The van der Waals surface area contributed by atoms with Crippen molar-refractivity contribution in [3.05, 3.63) is 59.2 Å². The highest BCUT2D eigenvalue weighted by atomic mass is 19.2. The fourth-order valence-corrected chi connectivity index (χ4v) is 1.88. The van der Waals surface area contributed by atoms with Crippen LogP contribution in [-0.2, 0) is 0 Å². The summed E-state index contributed by atoms with van der Waals surface area (Å²) >= 11 is 0. The molecule has 0 atom stereocenters. The van der Waals surface area contributed by atoms with E-state index in [-0.39, 0.29) is 16.7 Å². The van der Waals surface area contributed by atoms with Crippen molar-refractivity contribution in [2.45, 2.75) is 0 Å². The average molecular weight is 276 g/mol. The quantitative estimate of drug-likeness (QED) is 0.896. The van der Waals surface area contributed by atoms with Crippen molar-refractivity contribution in [1.29, 1.82) is 0 Å². The predicted octanol–water partition coefficient (Wildman–Crippen LogP) is 1.83. The molecule has 2 rings (SSSR count). The first-order valence-corrected chi connectivity index (χ1v) is 5.60. The van der Waals surface area contributed by atoms with E-state index in [2.05, 4.69) is 0 Å². The molecule has 20 heavy (non-hydrogen) atoms. The van der Waals surface area contributed by atoms with Crippen LogP contribution in [-0.4, -0.2) is 11.8 Å². The third-order valence-electron chi connectivity index (χ3n) is 2.83. The highest BCUT2D eigenvalue weighted by molar-refractivity contribution is 6.00. The van der Waals surface area contributed by atoms with Crippen LogP contribution >= 0.6 is 0 Å². The summed E-state index contributed by atoms with van der Waals surface area (Å²) in [6.07, 6.45) is 0. The summed E-state index contributed by atoms with van der Waals surface area (Å²) in [4.78, 5) is 22.2. The van der Waals surface area contributed by atoms with Crippen LogP contribution < -0.4 is 11.5 Å². The molecule has 0 radical (unpaired) electrons. The molecule has 4 N–H and O–H groups in total. The summed E-state index contributed by atoms with van der Waals surface area (Å²) < 4.78 is 27.8. The summed E-state index contributed by atoms with van der Waals surface area (Å²) in [7, 11) is 0. The lowest BCUT2D eigenvalue weighted by Gasteiger charge is -2.09. The van der Waals surface area contributed by atoms with Crippen LogP contribution in [0.25, 0.3) is 11.1 Å². The first-order valence-electron chi connectivity index (χ1n) is 5.60. The summed E-state index contributed by atoms with van der Waals surface area (Å²) in [5.74, 6) is -4.44. The number of rotatable bonds is 3. The predicted molar refractivity (Wildman–Crippen MR) is 68.8 cm³/mol. The molecule has 102 valence electrons. The fourth-order valence-electron chi connectivity index (χ4n) is 1.88. The van der Waals surface area contributed by atoms with Crippen LogP contribution in [0.2, 0.25) is 0 Å². The minimum absolute atomic E-state index is 0.0534. The largest absolute Gasteiger partial charge is 0.366 e. The number of hydrogen-bond acceptors (Lipinski definition) is 2. The van der Waals surface area contributed by atoms with Gasteiger partial charge in [-0.3, -0.25) is 9.59 Å². The Morgan fingerprint density at radius 3 is 1.95 bits per heavy atom. The monoisotopic (exact) mass is 276 g/mol. The van der Waals surface area contributed by atoms with E-state index in [0.29, 0.717) is 0 Å². The number of carbonyl (C=O) groups is 2. The maximum atomic E-state index is 14.0. The molecule has 0 aliphatic heterocycles. The molecule has 0 unspecified atom stereocenters. The van der Waals surface area contributed by atoms with E-state index >= 15 is 0 Å². The standard InChI is InChI=1S/C14H10F2N2O2/c15-11-8(5-6-10(12(11)16)14(18)20)7-3-1-2-4-9(7)13(17)19/h1-6H,(H2,17,19)(H2,18,20). The number of hydrogen-bond donors (Lipinski definition) is 2. The third kappa shape index (κ3) is 2.23. The molecule has 6 heteroatoms. The van der Waals surface area contributed by atoms with E-state index in [0.717, 1.165) is 6.07 Å². The van der Waals surface area contributed by atoms with Gasteiger partial charge >= 0.3 is 0 Å². The summed E-state index contributed by atoms with van der Waals surface area (Å²) in [6, 6.07) is 8.18. The molecular weight excluding hydrogens is 266 g/mol. The van der Waals surface area contributed by atoms with Gasteiger partial charge in [0.15, 0.2) is 11.6 Å². The second-order valence-corrected chi connectivity index (χ2v) is 4.06. The zero-order valence-electron chi connectivity index (χ0n) is 10.2. The fraction of sp³-hybridized carbons (Fsp3) is 0. The van der Waals surface area contributed by atoms with Crippen molar-refractivity contribution in [2.75, 3.05) is 0 Å². The molecule has 0 bridgehead atoms. The molecule has 0 spiro atoms. The average Bonchev–Trinajstić information content (AvgIpc) is 2.41. The van der Waals surface area contributed by atoms with Gasteiger partial charge in [0.25, 0.3) is 5.91 Å². The van der Waals surface area contributed by atoms with Crippen molar-refractivity contribution < 1.29 is 18.4 Å². The first-order chi connectivity index (χ1) is 9.43. The molecule has 4 nitrogen and oxygen atoms in total. The Balaban J connectivity index is 2.69. The Morgan fingerprint density at radius 1 is 0.750 bits per heavy atom. The van der Waals surface area contributed by atoms with Gasteiger partial charge in [-0.25, -0.2) is 8.78 Å². The normalized spacial score (nSPS) is 10.3. The summed E-state index contributed by atoms with van der Waals surface area (Å²) in [5.41, 5.74) is 9.60. The number of benzene rings is 2. The lowest BCUT2D eigenvalue weighted by molar-refractivity contribution is 0.0988. The van der Waals surface area contributed by atoms with Crippen LogP contribution in [0.3, 0.4) is 0 Å². The molecule has 2 aromatic rings. The second-order valence-electron chi connectivity index (χ2n) is 4.06. The molecule has 0 saturated carbocycles. The Bertz CT molecular complexity index is 714. The highest BCUT2D eigenvalue weighted by Crippen LogP contribution is 2.28. The summed E-state index contributed by atoms with van der Waals surface area (Å²) in [5, 5.41) is 0. The Kier molecular flexibility index (Phi) is 3.47. The smallest absolute Gasteiger partial charge is 0.251 e. The van der Waals surface area contributed by atoms with Crippen molar-refractivity contribution in [3.8, 4) is 11.1 Å². The molecule has 0 aliphatic carbocycles. The Hall–Kier alpha value is -2.76. The van der Waals surface area contributed by atoms with E-state index in [1.807, 2.05) is 0 Å². The maximum Gasteiger partial charge on any atom is 0.251 e. The van der Waals surface area contributed by atoms with E-state index in [1.54, 1.807) is 12.1 Å². The van der Waals surface area contributed by atoms with Gasteiger partial charge in [-0.2, -0.15) is 0 Å². The molecule has 2 amide bonds. The third-order valence-corrected chi connectivity index (χ3v) is 2.83. The first kappa shape index (κ1) is 13.7. The Labute approximate surface area is 113 Å². The van der Waals surface area contributed by atoms with E-state index < -0.39 is 29.0 Å². The van der Waals surface area contributed by atoms with E-state index in [4.69, 9.17) is 11.5 Å². The molecule has 0 fully saturated rings.